The molecule has 0 N–H and O–H groups in total. The van der Waals surface area contributed by atoms with Gasteiger partial charge in [0.05, 0.1) is 12.4 Å². The van der Waals surface area contributed by atoms with Crippen LogP contribution in [0.4, 0.5) is 10.2 Å². The maximum Gasteiger partial charge on any atom is 0.214 e. The van der Waals surface area contributed by atoms with E-state index in [4.69, 9.17) is 4.74 Å². The summed E-state index contributed by atoms with van der Waals surface area (Å²) in [4.78, 5) is 6.02. The molecule has 0 radical (unpaired) electrons. The molecule has 1 aromatic heterocycles. The zero-order chi connectivity index (χ0) is 17.0. The van der Waals surface area contributed by atoms with Crippen LogP contribution in [0, 0.1) is 11.9 Å². The quantitative estimate of drug-likeness (QED) is 0.575. The van der Waals surface area contributed by atoms with E-state index in [0.717, 1.165) is 37.5 Å². The molecule has 1 aromatic rings. The Bertz CT molecular complexity index is 415. The van der Waals surface area contributed by atoms with Gasteiger partial charge in [-0.05, 0) is 31.9 Å². The Hall–Kier alpha value is -1.58. The Balaban J connectivity index is 0.00000102. The molecule has 0 aliphatic carbocycles. The van der Waals surface area contributed by atoms with Gasteiger partial charge in [-0.2, -0.15) is 4.39 Å². The fourth-order valence-electron chi connectivity index (χ4n) is 2.31. The van der Waals surface area contributed by atoms with Crippen molar-refractivity contribution in [1.29, 1.82) is 0 Å². The molecule has 4 heteroatoms. The Labute approximate surface area is 135 Å². The largest absolute Gasteiger partial charge is 0.499 e. The number of allylic oxidation sites excluding steroid dienone is 1. The second kappa shape index (κ2) is 12.0. The number of rotatable bonds is 4. The molecule has 1 aliphatic heterocycles. The second-order valence-electron chi connectivity index (χ2n) is 4.48. The molecular weight excluding hydrogens is 279 g/mol. The van der Waals surface area contributed by atoms with E-state index in [-0.39, 0.29) is 0 Å². The molecule has 0 amide bonds. The van der Waals surface area contributed by atoms with Gasteiger partial charge in [0.15, 0.2) is 0 Å². The van der Waals surface area contributed by atoms with Crippen LogP contribution in [0.2, 0.25) is 0 Å². The minimum absolute atomic E-state index is 0.412. The molecule has 3 nitrogen and oxygen atoms in total. The van der Waals surface area contributed by atoms with Crippen molar-refractivity contribution in [2.45, 2.75) is 47.5 Å². The highest BCUT2D eigenvalue weighted by Gasteiger charge is 2.23. The van der Waals surface area contributed by atoms with E-state index in [2.05, 4.69) is 16.5 Å². The van der Waals surface area contributed by atoms with E-state index in [1.54, 1.807) is 6.07 Å². The second-order valence-corrected chi connectivity index (χ2v) is 4.48. The lowest BCUT2D eigenvalue weighted by atomic mass is 9.95. The number of nitrogens with zero attached hydrogens (tertiary/aromatic N) is 2. The van der Waals surface area contributed by atoms with E-state index in [1.165, 1.54) is 6.07 Å². The zero-order valence-electron chi connectivity index (χ0n) is 14.7. The molecule has 0 aromatic carbocycles. The average Bonchev–Trinajstić information content (AvgIpc) is 2.59. The minimum atomic E-state index is -0.423. The van der Waals surface area contributed by atoms with Crippen molar-refractivity contribution >= 4 is 5.82 Å². The summed E-state index contributed by atoms with van der Waals surface area (Å²) in [6.45, 7) is 16.3. The lowest BCUT2D eigenvalue weighted by Gasteiger charge is -2.33. The number of piperidine rings is 1. The highest BCUT2D eigenvalue weighted by molar-refractivity contribution is 5.38. The SMILES string of the molecule is C=C(OCC)C1CCN(c2cccc(F)n2)CC1.CC.CC. The average molecular weight is 310 g/mol. The normalized spacial score (nSPS) is 14.2. The van der Waals surface area contributed by atoms with Gasteiger partial charge in [0.25, 0.3) is 0 Å². The molecule has 0 saturated carbocycles. The molecular formula is C18H31FN2O. The van der Waals surface area contributed by atoms with E-state index in [9.17, 15) is 4.39 Å². The van der Waals surface area contributed by atoms with Gasteiger partial charge in [-0.1, -0.05) is 40.3 Å². The van der Waals surface area contributed by atoms with Gasteiger partial charge in [-0.3, -0.25) is 0 Å². The number of halogens is 1. The van der Waals surface area contributed by atoms with E-state index < -0.39 is 5.95 Å². The molecule has 1 fully saturated rings. The third kappa shape index (κ3) is 6.46. The van der Waals surface area contributed by atoms with Crippen LogP contribution in [-0.4, -0.2) is 24.7 Å². The smallest absolute Gasteiger partial charge is 0.214 e. The molecule has 0 spiro atoms. The first-order valence-electron chi connectivity index (χ1n) is 8.39. The van der Waals surface area contributed by atoms with Crippen LogP contribution in [0.25, 0.3) is 0 Å². The summed E-state index contributed by atoms with van der Waals surface area (Å²) in [5.74, 6) is 1.59. The van der Waals surface area contributed by atoms with Gasteiger partial charge in [-0.25, -0.2) is 4.98 Å². The van der Waals surface area contributed by atoms with Crippen LogP contribution in [-0.2, 0) is 4.74 Å². The Morgan fingerprint density at radius 3 is 2.36 bits per heavy atom. The van der Waals surface area contributed by atoms with Crippen molar-refractivity contribution in [1.82, 2.24) is 4.98 Å². The topological polar surface area (TPSA) is 25.4 Å². The van der Waals surface area contributed by atoms with Gasteiger partial charge in [0.1, 0.15) is 5.82 Å². The van der Waals surface area contributed by atoms with Gasteiger partial charge in [-0.15, -0.1) is 0 Å². The zero-order valence-corrected chi connectivity index (χ0v) is 14.7. The summed E-state index contributed by atoms with van der Waals surface area (Å²) in [5, 5.41) is 0. The van der Waals surface area contributed by atoms with E-state index >= 15 is 0 Å². The fraction of sp³-hybridized carbons (Fsp3) is 0.611. The van der Waals surface area contributed by atoms with E-state index in [1.807, 2.05) is 40.7 Å². The Kier molecular flexibility index (Phi) is 11.2. The van der Waals surface area contributed by atoms with Crippen molar-refractivity contribution in [2.75, 3.05) is 24.6 Å². The number of hydrogen-bond acceptors (Lipinski definition) is 3. The highest BCUT2D eigenvalue weighted by atomic mass is 19.1. The summed E-state index contributed by atoms with van der Waals surface area (Å²) >= 11 is 0. The molecule has 1 saturated heterocycles. The first kappa shape index (κ1) is 20.4. The monoisotopic (exact) mass is 310 g/mol. The summed E-state index contributed by atoms with van der Waals surface area (Å²) in [7, 11) is 0. The highest BCUT2D eigenvalue weighted by Crippen LogP contribution is 2.26. The van der Waals surface area contributed by atoms with Crippen LogP contribution in [0.15, 0.2) is 30.5 Å². The van der Waals surface area contributed by atoms with E-state index in [0.29, 0.717) is 12.5 Å². The number of aromatic nitrogens is 1. The first-order valence-corrected chi connectivity index (χ1v) is 8.39. The number of ether oxygens (including phenoxy) is 1. The molecule has 22 heavy (non-hydrogen) atoms. The third-order valence-electron chi connectivity index (χ3n) is 3.30. The van der Waals surface area contributed by atoms with Gasteiger partial charge >= 0.3 is 0 Å². The first-order chi connectivity index (χ1) is 10.7. The van der Waals surface area contributed by atoms with Gasteiger partial charge in [0.2, 0.25) is 5.95 Å². The summed E-state index contributed by atoms with van der Waals surface area (Å²) < 4.78 is 18.5. The van der Waals surface area contributed by atoms with Crippen LogP contribution >= 0.6 is 0 Å². The number of pyridine rings is 1. The molecule has 0 bridgehead atoms. The molecule has 0 unspecified atom stereocenters. The van der Waals surface area contributed by atoms with Crippen LogP contribution in [0.5, 0.6) is 0 Å². The predicted molar refractivity (Wildman–Crippen MR) is 92.6 cm³/mol. The molecule has 0 atom stereocenters. The molecule has 2 heterocycles. The van der Waals surface area contributed by atoms with Crippen LogP contribution in [0.3, 0.4) is 0 Å². The number of hydrogen-bond donors (Lipinski definition) is 0. The van der Waals surface area contributed by atoms with Crippen molar-refractivity contribution < 1.29 is 9.13 Å². The summed E-state index contributed by atoms with van der Waals surface area (Å²) in [6.07, 6.45) is 1.97. The fourth-order valence-corrected chi connectivity index (χ4v) is 2.31. The van der Waals surface area contributed by atoms with Crippen molar-refractivity contribution in [3.63, 3.8) is 0 Å². The lowest BCUT2D eigenvalue weighted by Crippen LogP contribution is -2.35. The van der Waals surface area contributed by atoms with Gasteiger partial charge in [0, 0.05) is 19.0 Å². The molecule has 126 valence electrons. The lowest BCUT2D eigenvalue weighted by molar-refractivity contribution is 0.180. The van der Waals surface area contributed by atoms with Crippen LogP contribution < -0.4 is 4.90 Å². The summed E-state index contributed by atoms with van der Waals surface area (Å²) in [6, 6.07) is 4.91. The minimum Gasteiger partial charge on any atom is -0.499 e. The van der Waals surface area contributed by atoms with Crippen molar-refractivity contribution in [3.05, 3.63) is 36.5 Å². The number of anilines is 1. The van der Waals surface area contributed by atoms with Crippen molar-refractivity contribution in [3.8, 4) is 0 Å². The Morgan fingerprint density at radius 1 is 1.27 bits per heavy atom. The summed E-state index contributed by atoms with van der Waals surface area (Å²) in [5.41, 5.74) is 0. The standard InChI is InChI=1S/C14H19FN2O.2C2H6/c1-3-18-11(2)12-7-9-17(10-8-12)14-6-4-5-13(15)16-14;2*1-2/h4-6,12H,2-3,7-10H2,1H3;2*1-2H3. The maximum atomic E-state index is 13.1. The van der Waals surface area contributed by atoms with Crippen molar-refractivity contribution in [2.24, 2.45) is 5.92 Å². The van der Waals surface area contributed by atoms with Gasteiger partial charge < -0.3 is 9.64 Å². The predicted octanol–water partition coefficient (Wildman–Crippen LogP) is 5.04. The maximum absolute atomic E-state index is 13.1. The molecule has 1 aliphatic rings. The third-order valence-corrected chi connectivity index (χ3v) is 3.30. The Morgan fingerprint density at radius 2 is 1.86 bits per heavy atom. The van der Waals surface area contributed by atoms with Crippen LogP contribution in [0.1, 0.15) is 47.5 Å². The molecule has 2 rings (SSSR count).